The highest BCUT2D eigenvalue weighted by atomic mass is 16.3. The largest absolute Gasteiger partial charge is 0.378 e. The predicted molar refractivity (Wildman–Crippen MR) is 59.3 cm³/mol. The second kappa shape index (κ2) is 6.59. The third-order valence-corrected chi connectivity index (χ3v) is 2.13. The minimum Gasteiger partial charge on any atom is -0.378 e. The Morgan fingerprint density at radius 3 is 2.75 bits per heavy atom. The Morgan fingerprint density at radius 1 is 1.44 bits per heavy atom. The number of rotatable bonds is 5. The van der Waals surface area contributed by atoms with Crippen LogP contribution in [0.1, 0.15) is 24.5 Å². The van der Waals surface area contributed by atoms with E-state index in [0.717, 1.165) is 0 Å². The average molecular weight is 218 g/mol. The number of nitrogens with zero attached hydrogens (tertiary/aromatic N) is 1. The van der Waals surface area contributed by atoms with Crippen molar-refractivity contribution in [3.05, 3.63) is 35.9 Å². The summed E-state index contributed by atoms with van der Waals surface area (Å²) in [7, 11) is 0. The SMILES string of the molecule is N#CCCCNC(=O)C(O)c1ccccc1. The van der Waals surface area contributed by atoms with E-state index in [1.165, 1.54) is 0 Å². The van der Waals surface area contributed by atoms with Gasteiger partial charge in [0.05, 0.1) is 6.07 Å². The van der Waals surface area contributed by atoms with Crippen LogP contribution < -0.4 is 5.32 Å². The highest BCUT2D eigenvalue weighted by Gasteiger charge is 2.15. The van der Waals surface area contributed by atoms with Gasteiger partial charge >= 0.3 is 0 Å². The molecule has 4 heteroatoms. The first-order chi connectivity index (χ1) is 7.75. The van der Waals surface area contributed by atoms with E-state index in [-0.39, 0.29) is 0 Å². The second-order valence-corrected chi connectivity index (χ2v) is 3.37. The third-order valence-electron chi connectivity index (χ3n) is 2.13. The van der Waals surface area contributed by atoms with Gasteiger partial charge in [0.25, 0.3) is 5.91 Å². The Kier molecular flexibility index (Phi) is 5.03. The van der Waals surface area contributed by atoms with Crippen LogP contribution in [0.3, 0.4) is 0 Å². The summed E-state index contributed by atoms with van der Waals surface area (Å²) in [5, 5.41) is 20.6. The Bertz CT molecular complexity index is 370. The highest BCUT2D eigenvalue weighted by Crippen LogP contribution is 2.11. The van der Waals surface area contributed by atoms with Crippen molar-refractivity contribution in [1.82, 2.24) is 5.32 Å². The van der Waals surface area contributed by atoms with E-state index in [4.69, 9.17) is 5.26 Å². The number of benzene rings is 1. The summed E-state index contributed by atoms with van der Waals surface area (Å²) in [5.41, 5.74) is 0.570. The van der Waals surface area contributed by atoms with Crippen molar-refractivity contribution in [2.45, 2.75) is 18.9 Å². The van der Waals surface area contributed by atoms with Crippen molar-refractivity contribution in [1.29, 1.82) is 5.26 Å². The van der Waals surface area contributed by atoms with Gasteiger partial charge in [-0.2, -0.15) is 5.26 Å². The molecule has 0 saturated carbocycles. The number of carbonyl (C=O) groups is 1. The molecule has 0 fully saturated rings. The van der Waals surface area contributed by atoms with E-state index in [2.05, 4.69) is 5.32 Å². The van der Waals surface area contributed by atoms with Gasteiger partial charge in [-0.15, -0.1) is 0 Å². The van der Waals surface area contributed by atoms with Crippen LogP contribution in [0.25, 0.3) is 0 Å². The monoisotopic (exact) mass is 218 g/mol. The summed E-state index contributed by atoms with van der Waals surface area (Å²) >= 11 is 0. The third kappa shape index (κ3) is 3.71. The van der Waals surface area contributed by atoms with Gasteiger partial charge in [0.1, 0.15) is 0 Å². The zero-order valence-electron chi connectivity index (χ0n) is 8.89. The van der Waals surface area contributed by atoms with E-state index < -0.39 is 12.0 Å². The molecule has 0 bridgehead atoms. The normalized spacial score (nSPS) is 11.5. The van der Waals surface area contributed by atoms with Crippen LogP contribution >= 0.6 is 0 Å². The van der Waals surface area contributed by atoms with Crippen LogP contribution in [0.15, 0.2) is 30.3 Å². The molecule has 1 rings (SSSR count). The molecule has 4 nitrogen and oxygen atoms in total. The molecule has 16 heavy (non-hydrogen) atoms. The number of nitriles is 1. The maximum atomic E-state index is 11.5. The standard InChI is InChI=1S/C12H14N2O2/c13-8-4-5-9-14-12(16)11(15)10-6-2-1-3-7-10/h1-3,6-7,11,15H,4-5,9H2,(H,14,16). The first-order valence-electron chi connectivity index (χ1n) is 5.13. The van der Waals surface area contributed by atoms with Crippen molar-refractivity contribution < 1.29 is 9.90 Å². The highest BCUT2D eigenvalue weighted by molar-refractivity contribution is 5.81. The molecule has 0 aromatic heterocycles. The number of aliphatic hydroxyl groups is 1. The lowest BCUT2D eigenvalue weighted by atomic mass is 10.1. The molecule has 0 radical (unpaired) electrons. The van der Waals surface area contributed by atoms with Gasteiger partial charge in [-0.3, -0.25) is 4.79 Å². The van der Waals surface area contributed by atoms with Crippen molar-refractivity contribution >= 4 is 5.91 Å². The fraction of sp³-hybridized carbons (Fsp3) is 0.333. The average Bonchev–Trinajstić information content (AvgIpc) is 2.34. The molecule has 1 aromatic carbocycles. The lowest BCUT2D eigenvalue weighted by molar-refractivity contribution is -0.129. The molecule has 0 aliphatic heterocycles. The van der Waals surface area contributed by atoms with Gasteiger partial charge in [-0.25, -0.2) is 0 Å². The van der Waals surface area contributed by atoms with Crippen molar-refractivity contribution in [3.63, 3.8) is 0 Å². The van der Waals surface area contributed by atoms with E-state index in [9.17, 15) is 9.90 Å². The maximum Gasteiger partial charge on any atom is 0.253 e. The molecule has 1 amide bonds. The maximum absolute atomic E-state index is 11.5. The number of amides is 1. The van der Waals surface area contributed by atoms with Gasteiger partial charge in [0.15, 0.2) is 6.10 Å². The summed E-state index contributed by atoms with van der Waals surface area (Å²) in [6, 6.07) is 10.7. The van der Waals surface area contributed by atoms with E-state index in [0.29, 0.717) is 24.9 Å². The molecule has 84 valence electrons. The number of hydrogen-bond acceptors (Lipinski definition) is 3. The molecule has 1 atom stereocenters. The summed E-state index contributed by atoms with van der Waals surface area (Å²) in [6.07, 6.45) is -0.130. The molecule has 0 aliphatic rings. The van der Waals surface area contributed by atoms with Gasteiger partial charge in [-0.1, -0.05) is 30.3 Å². The summed E-state index contributed by atoms with van der Waals surface area (Å²) in [5.74, 6) is -0.427. The molecule has 0 aliphatic carbocycles. The molecule has 0 spiro atoms. The number of aliphatic hydroxyl groups excluding tert-OH is 1. The van der Waals surface area contributed by atoms with Crippen molar-refractivity contribution in [2.24, 2.45) is 0 Å². The number of carbonyl (C=O) groups excluding carboxylic acids is 1. The molecule has 1 unspecified atom stereocenters. The predicted octanol–water partition coefficient (Wildman–Crippen LogP) is 1.14. The van der Waals surface area contributed by atoms with Crippen molar-refractivity contribution in [2.75, 3.05) is 6.54 Å². The van der Waals surface area contributed by atoms with Gasteiger partial charge in [0.2, 0.25) is 0 Å². The first-order valence-corrected chi connectivity index (χ1v) is 5.13. The van der Waals surface area contributed by atoms with E-state index in [1.54, 1.807) is 24.3 Å². The quantitative estimate of drug-likeness (QED) is 0.728. The van der Waals surface area contributed by atoms with Crippen molar-refractivity contribution in [3.8, 4) is 6.07 Å². The van der Waals surface area contributed by atoms with Crippen LogP contribution in [0, 0.1) is 11.3 Å². The van der Waals surface area contributed by atoms with Gasteiger partial charge in [0, 0.05) is 13.0 Å². The summed E-state index contributed by atoms with van der Waals surface area (Å²) < 4.78 is 0. The second-order valence-electron chi connectivity index (χ2n) is 3.37. The number of unbranched alkanes of at least 4 members (excludes halogenated alkanes) is 1. The molecule has 1 aromatic rings. The van der Waals surface area contributed by atoms with Gasteiger partial charge < -0.3 is 10.4 Å². The van der Waals surface area contributed by atoms with Crippen LogP contribution in [-0.2, 0) is 4.79 Å². The Hall–Kier alpha value is -1.86. The minimum atomic E-state index is -1.14. The topological polar surface area (TPSA) is 73.1 Å². The molecular weight excluding hydrogens is 204 g/mol. The molecule has 2 N–H and O–H groups in total. The smallest absolute Gasteiger partial charge is 0.253 e. The van der Waals surface area contributed by atoms with Crippen LogP contribution in [0.2, 0.25) is 0 Å². The zero-order valence-corrected chi connectivity index (χ0v) is 8.89. The summed E-state index contributed by atoms with van der Waals surface area (Å²) in [4.78, 5) is 11.5. The van der Waals surface area contributed by atoms with E-state index in [1.807, 2.05) is 12.1 Å². The molecular formula is C12H14N2O2. The number of hydrogen-bond donors (Lipinski definition) is 2. The first kappa shape index (κ1) is 12.2. The molecule has 0 saturated heterocycles. The van der Waals surface area contributed by atoms with Crippen LogP contribution in [-0.4, -0.2) is 17.6 Å². The zero-order chi connectivity index (χ0) is 11.8. The van der Waals surface area contributed by atoms with Crippen LogP contribution in [0.5, 0.6) is 0 Å². The lowest BCUT2D eigenvalue weighted by Gasteiger charge is -2.10. The summed E-state index contributed by atoms with van der Waals surface area (Å²) in [6.45, 7) is 0.413. The Labute approximate surface area is 94.5 Å². The fourth-order valence-electron chi connectivity index (χ4n) is 1.26. The fourth-order valence-corrected chi connectivity index (χ4v) is 1.26. The lowest BCUT2D eigenvalue weighted by Crippen LogP contribution is -2.30. The Balaban J connectivity index is 2.40. The van der Waals surface area contributed by atoms with E-state index >= 15 is 0 Å². The minimum absolute atomic E-state index is 0.404. The number of nitrogens with one attached hydrogen (secondary N) is 1. The molecule has 0 heterocycles. The van der Waals surface area contributed by atoms with Gasteiger partial charge in [-0.05, 0) is 12.0 Å². The van der Waals surface area contributed by atoms with Crippen LogP contribution in [0.4, 0.5) is 0 Å². The Morgan fingerprint density at radius 2 is 2.12 bits per heavy atom.